The van der Waals surface area contributed by atoms with E-state index in [0.717, 1.165) is 18.4 Å². The van der Waals surface area contributed by atoms with Crippen LogP contribution >= 0.6 is 0 Å². The van der Waals surface area contributed by atoms with Gasteiger partial charge >= 0.3 is 5.97 Å². The first kappa shape index (κ1) is 17.9. The molecule has 0 radical (unpaired) electrons. The second-order valence-electron chi connectivity index (χ2n) is 6.38. The summed E-state index contributed by atoms with van der Waals surface area (Å²) >= 11 is 0. The Bertz CT molecular complexity index is 860. The minimum absolute atomic E-state index is 0.129. The number of hydrogen-bond acceptors (Lipinski definition) is 3. The molecule has 0 saturated carbocycles. The van der Waals surface area contributed by atoms with Crippen LogP contribution in [0.4, 0.5) is 0 Å². The topological polar surface area (TPSA) is 43.4 Å². The molecule has 0 amide bonds. The Morgan fingerprint density at radius 3 is 2.50 bits per heavy atom. The highest BCUT2D eigenvalue weighted by atomic mass is 16.5. The molecule has 0 aliphatic heterocycles. The van der Waals surface area contributed by atoms with Crippen molar-refractivity contribution < 1.29 is 14.3 Å². The van der Waals surface area contributed by atoms with Crippen LogP contribution < -0.4 is 0 Å². The van der Waals surface area contributed by atoms with E-state index >= 15 is 0 Å². The Balaban J connectivity index is 1.57. The molecule has 1 aliphatic carbocycles. The van der Waals surface area contributed by atoms with Crippen molar-refractivity contribution in [2.75, 3.05) is 7.11 Å². The second-order valence-corrected chi connectivity index (χ2v) is 6.38. The normalized spacial score (nSPS) is 13.1. The van der Waals surface area contributed by atoms with Crippen molar-refractivity contribution in [3.8, 4) is 0 Å². The summed E-state index contributed by atoms with van der Waals surface area (Å²) < 4.78 is 4.79. The van der Waals surface area contributed by atoms with Gasteiger partial charge in [-0.2, -0.15) is 0 Å². The Morgan fingerprint density at radius 2 is 1.73 bits per heavy atom. The number of ketones is 1. The zero-order chi connectivity index (χ0) is 18.4. The maximum absolute atomic E-state index is 12.4. The summed E-state index contributed by atoms with van der Waals surface area (Å²) in [5.74, 6) is -0.272. The van der Waals surface area contributed by atoms with Gasteiger partial charge in [0.25, 0.3) is 0 Å². The number of hydrogen-bond donors (Lipinski definition) is 0. The van der Waals surface area contributed by atoms with Crippen LogP contribution in [-0.2, 0) is 16.0 Å². The number of carbonyl (C=O) groups is 2. The van der Waals surface area contributed by atoms with E-state index in [-0.39, 0.29) is 12.2 Å². The van der Waals surface area contributed by atoms with E-state index in [1.807, 2.05) is 30.3 Å². The maximum atomic E-state index is 12.4. The first-order valence-electron chi connectivity index (χ1n) is 8.80. The number of carbonyl (C=O) groups excluding carboxylic acids is 2. The first-order chi connectivity index (χ1) is 12.7. The molecule has 0 saturated heterocycles. The average Bonchev–Trinajstić information content (AvgIpc) is 3.16. The standard InChI is InChI=1S/C23H22O3/c1-26-23(25)22-10-6-5-9-20(22)16-21(24)14-12-17-11-13-19(15-17)18-7-3-2-4-8-18/h2-11,15H,12-14,16H2,1H3. The molecule has 0 aromatic heterocycles. The number of Topliss-reactive ketones (excluding diaryl/α,β-unsaturated/α-hetero) is 1. The predicted octanol–water partition coefficient (Wildman–Crippen LogP) is 4.78. The van der Waals surface area contributed by atoms with Gasteiger partial charge in [-0.1, -0.05) is 66.3 Å². The Hall–Kier alpha value is -2.94. The van der Waals surface area contributed by atoms with Crippen LogP contribution in [0.1, 0.15) is 40.7 Å². The molecule has 0 unspecified atom stereocenters. The molecular formula is C23H22O3. The van der Waals surface area contributed by atoms with E-state index in [4.69, 9.17) is 4.74 Å². The van der Waals surface area contributed by atoms with Gasteiger partial charge < -0.3 is 4.74 Å². The lowest BCUT2D eigenvalue weighted by Crippen LogP contribution is -2.10. The van der Waals surface area contributed by atoms with Gasteiger partial charge in [0.1, 0.15) is 5.78 Å². The van der Waals surface area contributed by atoms with Gasteiger partial charge in [-0.15, -0.1) is 0 Å². The van der Waals surface area contributed by atoms with Gasteiger partial charge in [0.05, 0.1) is 12.7 Å². The van der Waals surface area contributed by atoms with Crippen LogP contribution in [0.2, 0.25) is 0 Å². The van der Waals surface area contributed by atoms with E-state index in [1.165, 1.54) is 23.8 Å². The van der Waals surface area contributed by atoms with Crippen LogP contribution in [-0.4, -0.2) is 18.9 Å². The largest absolute Gasteiger partial charge is 0.465 e. The van der Waals surface area contributed by atoms with E-state index < -0.39 is 5.97 Å². The highest BCUT2D eigenvalue weighted by molar-refractivity contribution is 5.93. The minimum atomic E-state index is -0.401. The van der Waals surface area contributed by atoms with E-state index in [9.17, 15) is 9.59 Å². The Labute approximate surface area is 154 Å². The van der Waals surface area contributed by atoms with Crippen LogP contribution in [0.3, 0.4) is 0 Å². The zero-order valence-electron chi connectivity index (χ0n) is 14.9. The Kier molecular flexibility index (Phi) is 5.80. The highest BCUT2D eigenvalue weighted by Gasteiger charge is 2.15. The summed E-state index contributed by atoms with van der Waals surface area (Å²) in [6, 6.07) is 17.4. The van der Waals surface area contributed by atoms with Crippen molar-refractivity contribution in [1.29, 1.82) is 0 Å². The third-order valence-corrected chi connectivity index (χ3v) is 4.59. The summed E-state index contributed by atoms with van der Waals surface area (Å²) in [6.45, 7) is 0. The molecule has 26 heavy (non-hydrogen) atoms. The average molecular weight is 346 g/mol. The first-order valence-corrected chi connectivity index (χ1v) is 8.80. The summed E-state index contributed by atoms with van der Waals surface area (Å²) in [4.78, 5) is 24.2. The van der Waals surface area contributed by atoms with Gasteiger partial charge in [-0.3, -0.25) is 4.79 Å². The molecule has 0 bridgehead atoms. The summed E-state index contributed by atoms with van der Waals surface area (Å²) in [5.41, 5.74) is 4.93. The fraction of sp³-hybridized carbons (Fsp3) is 0.217. The molecular weight excluding hydrogens is 324 g/mol. The quantitative estimate of drug-likeness (QED) is 0.678. The SMILES string of the molecule is COC(=O)c1ccccc1CC(=O)CCC1=CCC(c2ccccc2)=C1. The van der Waals surface area contributed by atoms with Crippen LogP contribution in [0, 0.1) is 0 Å². The van der Waals surface area contributed by atoms with Gasteiger partial charge in [-0.05, 0) is 35.6 Å². The lowest BCUT2D eigenvalue weighted by molar-refractivity contribution is -0.118. The highest BCUT2D eigenvalue weighted by Crippen LogP contribution is 2.29. The number of esters is 1. The summed E-state index contributed by atoms with van der Waals surface area (Å²) in [5, 5.41) is 0. The van der Waals surface area contributed by atoms with Crippen molar-refractivity contribution in [2.24, 2.45) is 0 Å². The fourth-order valence-corrected chi connectivity index (χ4v) is 3.18. The number of ether oxygens (including phenoxy) is 1. The van der Waals surface area contributed by atoms with Crippen molar-refractivity contribution in [2.45, 2.75) is 25.7 Å². The second kappa shape index (κ2) is 8.43. The van der Waals surface area contributed by atoms with E-state index in [2.05, 4.69) is 24.3 Å². The molecule has 132 valence electrons. The van der Waals surface area contributed by atoms with Gasteiger partial charge in [0.2, 0.25) is 0 Å². The lowest BCUT2D eigenvalue weighted by Gasteiger charge is -2.07. The molecule has 0 atom stereocenters. The molecule has 2 aromatic carbocycles. The monoisotopic (exact) mass is 346 g/mol. The van der Waals surface area contributed by atoms with Crippen molar-refractivity contribution in [3.63, 3.8) is 0 Å². The molecule has 3 nitrogen and oxygen atoms in total. The smallest absolute Gasteiger partial charge is 0.338 e. The number of allylic oxidation sites excluding steroid dienone is 4. The molecule has 0 N–H and O–H groups in total. The van der Waals surface area contributed by atoms with Crippen molar-refractivity contribution >= 4 is 17.3 Å². The van der Waals surface area contributed by atoms with Crippen LogP contribution in [0.5, 0.6) is 0 Å². The van der Waals surface area contributed by atoms with Crippen molar-refractivity contribution in [3.05, 3.63) is 89.0 Å². The van der Waals surface area contributed by atoms with E-state index in [0.29, 0.717) is 12.0 Å². The fourth-order valence-electron chi connectivity index (χ4n) is 3.18. The van der Waals surface area contributed by atoms with Crippen molar-refractivity contribution in [1.82, 2.24) is 0 Å². The summed E-state index contributed by atoms with van der Waals surface area (Å²) in [7, 11) is 1.35. The summed E-state index contributed by atoms with van der Waals surface area (Å²) in [6.07, 6.45) is 6.75. The van der Waals surface area contributed by atoms with Crippen LogP contribution in [0.25, 0.3) is 5.57 Å². The minimum Gasteiger partial charge on any atom is -0.465 e. The molecule has 1 aliphatic rings. The number of methoxy groups -OCH3 is 1. The molecule has 3 heteroatoms. The molecule has 0 fully saturated rings. The molecule has 3 rings (SSSR count). The van der Waals surface area contributed by atoms with Gasteiger partial charge in [-0.25, -0.2) is 4.79 Å². The van der Waals surface area contributed by atoms with Gasteiger partial charge in [0, 0.05) is 12.8 Å². The zero-order valence-corrected chi connectivity index (χ0v) is 14.9. The van der Waals surface area contributed by atoms with E-state index in [1.54, 1.807) is 12.1 Å². The molecule has 2 aromatic rings. The lowest BCUT2D eigenvalue weighted by atomic mass is 9.99. The molecule has 0 heterocycles. The Morgan fingerprint density at radius 1 is 1.00 bits per heavy atom. The third-order valence-electron chi connectivity index (χ3n) is 4.59. The predicted molar refractivity (Wildman–Crippen MR) is 103 cm³/mol. The van der Waals surface area contributed by atoms with Gasteiger partial charge in [0.15, 0.2) is 0 Å². The number of benzene rings is 2. The van der Waals surface area contributed by atoms with Crippen LogP contribution in [0.15, 0.2) is 72.3 Å². The molecule has 0 spiro atoms. The maximum Gasteiger partial charge on any atom is 0.338 e. The third kappa shape index (κ3) is 4.37. The number of rotatable bonds is 7.